The fourth-order valence-corrected chi connectivity index (χ4v) is 2.61. The zero-order chi connectivity index (χ0) is 14.5. The molecule has 0 aliphatic carbocycles. The Morgan fingerprint density at radius 2 is 2.05 bits per heavy atom. The van der Waals surface area contributed by atoms with Crippen LogP contribution in [0.25, 0.3) is 0 Å². The fourth-order valence-electron chi connectivity index (χ4n) is 1.67. The van der Waals surface area contributed by atoms with Gasteiger partial charge < -0.3 is 5.11 Å². The van der Waals surface area contributed by atoms with Gasteiger partial charge in [0.25, 0.3) is 0 Å². The van der Waals surface area contributed by atoms with Crippen molar-refractivity contribution >= 4 is 17.7 Å². The molecule has 0 aliphatic rings. The lowest BCUT2D eigenvalue weighted by molar-refractivity contribution is 0.0691. The molecule has 0 saturated carbocycles. The van der Waals surface area contributed by atoms with Gasteiger partial charge in [-0.15, -0.1) is 11.8 Å². The summed E-state index contributed by atoms with van der Waals surface area (Å²) in [6.07, 6.45) is 0. The average molecular weight is 287 g/mol. The van der Waals surface area contributed by atoms with Gasteiger partial charge in [0, 0.05) is 10.6 Å². The molecule has 0 saturated heterocycles. The first-order valence-corrected chi connectivity index (χ1v) is 6.74. The molecule has 0 bridgehead atoms. The summed E-state index contributed by atoms with van der Waals surface area (Å²) in [5.74, 6) is -1.52. The van der Waals surface area contributed by atoms with Crippen molar-refractivity contribution in [1.29, 1.82) is 5.26 Å². The zero-order valence-electron chi connectivity index (χ0n) is 10.3. The van der Waals surface area contributed by atoms with Gasteiger partial charge in [0.1, 0.15) is 5.82 Å². The number of benzene rings is 2. The van der Waals surface area contributed by atoms with Gasteiger partial charge in [0.05, 0.1) is 17.2 Å². The second kappa shape index (κ2) is 6.22. The van der Waals surface area contributed by atoms with Gasteiger partial charge in [-0.3, -0.25) is 0 Å². The normalized spacial score (nSPS) is 10.0. The monoisotopic (exact) mass is 287 g/mol. The van der Waals surface area contributed by atoms with Crippen LogP contribution < -0.4 is 0 Å². The number of hydrogen-bond acceptors (Lipinski definition) is 3. The van der Waals surface area contributed by atoms with Crippen LogP contribution in [0.15, 0.2) is 47.4 Å². The SMILES string of the molecule is N#Cc1ccccc1CSc1ccc(F)c(C(=O)O)c1. The van der Waals surface area contributed by atoms with Crippen molar-refractivity contribution in [2.45, 2.75) is 10.6 Å². The van der Waals surface area contributed by atoms with Crippen LogP contribution >= 0.6 is 11.8 Å². The number of nitrogens with zero attached hydrogens (tertiary/aromatic N) is 1. The lowest BCUT2D eigenvalue weighted by atomic mass is 10.1. The van der Waals surface area contributed by atoms with E-state index in [9.17, 15) is 9.18 Å². The number of carboxylic acid groups (broad SMARTS) is 1. The molecule has 0 heterocycles. The molecule has 0 fully saturated rings. The molecule has 0 aromatic heterocycles. The summed E-state index contributed by atoms with van der Waals surface area (Å²) in [5, 5.41) is 17.8. The standard InChI is InChI=1S/C15H10FNO2S/c16-14-6-5-12(7-13(14)15(18)19)20-9-11-4-2-1-3-10(11)8-17/h1-7H,9H2,(H,18,19). The molecule has 0 unspecified atom stereocenters. The summed E-state index contributed by atoms with van der Waals surface area (Å²) >= 11 is 1.36. The largest absolute Gasteiger partial charge is 0.478 e. The third-order valence-electron chi connectivity index (χ3n) is 2.70. The number of carboxylic acids is 1. The summed E-state index contributed by atoms with van der Waals surface area (Å²) in [7, 11) is 0. The van der Waals surface area contributed by atoms with Crippen LogP contribution in [0.1, 0.15) is 21.5 Å². The van der Waals surface area contributed by atoms with Crippen molar-refractivity contribution in [1.82, 2.24) is 0 Å². The highest BCUT2D eigenvalue weighted by molar-refractivity contribution is 7.98. The van der Waals surface area contributed by atoms with E-state index in [1.165, 1.54) is 23.9 Å². The molecular formula is C15H10FNO2S. The summed E-state index contributed by atoms with van der Waals surface area (Å²) in [4.78, 5) is 11.5. The quantitative estimate of drug-likeness (QED) is 0.871. The minimum absolute atomic E-state index is 0.344. The van der Waals surface area contributed by atoms with Gasteiger partial charge in [-0.1, -0.05) is 18.2 Å². The Morgan fingerprint density at radius 1 is 1.30 bits per heavy atom. The molecule has 2 aromatic carbocycles. The van der Waals surface area contributed by atoms with Crippen molar-refractivity contribution < 1.29 is 14.3 Å². The molecule has 5 heteroatoms. The van der Waals surface area contributed by atoms with E-state index >= 15 is 0 Å². The van der Waals surface area contributed by atoms with Crippen molar-refractivity contribution in [3.8, 4) is 6.07 Å². The Kier molecular flexibility index (Phi) is 4.38. The van der Waals surface area contributed by atoms with E-state index < -0.39 is 11.8 Å². The molecular weight excluding hydrogens is 277 g/mol. The van der Waals surface area contributed by atoms with Crippen molar-refractivity contribution in [2.24, 2.45) is 0 Å². The smallest absolute Gasteiger partial charge is 0.338 e. The lowest BCUT2D eigenvalue weighted by Gasteiger charge is -2.05. The molecule has 0 aliphatic heterocycles. The Balaban J connectivity index is 2.18. The highest BCUT2D eigenvalue weighted by Crippen LogP contribution is 2.26. The van der Waals surface area contributed by atoms with Crippen LogP contribution in [0.2, 0.25) is 0 Å². The Bertz CT molecular complexity index is 695. The maximum Gasteiger partial charge on any atom is 0.338 e. The maximum atomic E-state index is 13.3. The predicted molar refractivity (Wildman–Crippen MR) is 74.1 cm³/mol. The molecule has 100 valence electrons. The number of nitriles is 1. The van der Waals surface area contributed by atoms with Crippen molar-refractivity contribution in [3.63, 3.8) is 0 Å². The van der Waals surface area contributed by atoms with Gasteiger partial charge in [0.2, 0.25) is 0 Å². The molecule has 0 atom stereocenters. The van der Waals surface area contributed by atoms with Gasteiger partial charge in [-0.2, -0.15) is 5.26 Å². The first-order chi connectivity index (χ1) is 9.61. The van der Waals surface area contributed by atoms with E-state index in [4.69, 9.17) is 10.4 Å². The molecule has 0 radical (unpaired) electrons. The maximum absolute atomic E-state index is 13.3. The molecule has 2 aromatic rings. The Labute approximate surface area is 119 Å². The van der Waals surface area contributed by atoms with Crippen LogP contribution in [-0.4, -0.2) is 11.1 Å². The second-order valence-electron chi connectivity index (χ2n) is 4.00. The number of aromatic carboxylic acids is 1. The predicted octanol–water partition coefficient (Wildman–Crippen LogP) is 3.69. The van der Waals surface area contributed by atoms with E-state index in [1.54, 1.807) is 12.1 Å². The van der Waals surface area contributed by atoms with Gasteiger partial charge in [0.15, 0.2) is 0 Å². The van der Waals surface area contributed by atoms with Crippen molar-refractivity contribution in [3.05, 3.63) is 65.0 Å². The minimum atomic E-state index is -1.29. The van der Waals surface area contributed by atoms with E-state index in [2.05, 4.69) is 6.07 Å². The third kappa shape index (κ3) is 3.16. The van der Waals surface area contributed by atoms with Crippen LogP contribution in [-0.2, 0) is 5.75 Å². The molecule has 3 nitrogen and oxygen atoms in total. The number of rotatable bonds is 4. The molecule has 20 heavy (non-hydrogen) atoms. The van der Waals surface area contributed by atoms with E-state index in [0.717, 1.165) is 11.6 Å². The van der Waals surface area contributed by atoms with Gasteiger partial charge in [-0.25, -0.2) is 9.18 Å². The van der Waals surface area contributed by atoms with E-state index in [0.29, 0.717) is 16.2 Å². The Hall–Kier alpha value is -2.32. The van der Waals surface area contributed by atoms with Crippen LogP contribution in [0, 0.1) is 17.1 Å². The van der Waals surface area contributed by atoms with Crippen LogP contribution in [0.4, 0.5) is 4.39 Å². The summed E-state index contributed by atoms with van der Waals surface area (Å²) in [6.45, 7) is 0. The van der Waals surface area contributed by atoms with Gasteiger partial charge in [-0.05, 0) is 29.8 Å². The molecule has 0 amide bonds. The highest BCUT2D eigenvalue weighted by Gasteiger charge is 2.11. The molecule has 2 rings (SSSR count). The van der Waals surface area contributed by atoms with Crippen LogP contribution in [0.3, 0.4) is 0 Å². The number of carbonyl (C=O) groups is 1. The number of thioether (sulfide) groups is 1. The summed E-state index contributed by atoms with van der Waals surface area (Å²) in [6, 6.07) is 13.3. The van der Waals surface area contributed by atoms with Gasteiger partial charge >= 0.3 is 5.97 Å². The molecule has 0 spiro atoms. The minimum Gasteiger partial charge on any atom is -0.478 e. The van der Waals surface area contributed by atoms with Crippen LogP contribution in [0.5, 0.6) is 0 Å². The highest BCUT2D eigenvalue weighted by atomic mass is 32.2. The van der Waals surface area contributed by atoms with E-state index in [-0.39, 0.29) is 5.56 Å². The summed E-state index contributed by atoms with van der Waals surface area (Å²) in [5.41, 5.74) is 1.10. The first-order valence-electron chi connectivity index (χ1n) is 5.75. The first kappa shape index (κ1) is 14.1. The summed E-state index contributed by atoms with van der Waals surface area (Å²) < 4.78 is 13.3. The average Bonchev–Trinajstić information content (AvgIpc) is 2.46. The fraction of sp³-hybridized carbons (Fsp3) is 0.0667. The topological polar surface area (TPSA) is 61.1 Å². The lowest BCUT2D eigenvalue weighted by Crippen LogP contribution is -2.00. The second-order valence-corrected chi connectivity index (χ2v) is 5.05. The van der Waals surface area contributed by atoms with Crippen molar-refractivity contribution in [2.75, 3.05) is 0 Å². The number of halogens is 1. The zero-order valence-corrected chi connectivity index (χ0v) is 11.2. The Morgan fingerprint density at radius 3 is 2.75 bits per heavy atom. The molecule has 1 N–H and O–H groups in total. The van der Waals surface area contributed by atoms with E-state index in [1.807, 2.05) is 12.1 Å². The third-order valence-corrected chi connectivity index (χ3v) is 3.74. The number of hydrogen-bond donors (Lipinski definition) is 1.